The molecule has 0 radical (unpaired) electrons. The summed E-state index contributed by atoms with van der Waals surface area (Å²) in [5, 5.41) is 0. The van der Waals surface area contributed by atoms with Crippen molar-refractivity contribution in [3.8, 4) is 11.5 Å². The molecule has 0 fully saturated rings. The van der Waals surface area contributed by atoms with E-state index in [0.717, 1.165) is 0 Å². The van der Waals surface area contributed by atoms with Gasteiger partial charge in [-0.1, -0.05) is 42.5 Å². The number of rotatable bonds is 6. The first kappa shape index (κ1) is 14.8. The van der Waals surface area contributed by atoms with Gasteiger partial charge in [-0.2, -0.15) is 0 Å². The van der Waals surface area contributed by atoms with E-state index in [4.69, 9.17) is 9.47 Å². The van der Waals surface area contributed by atoms with Gasteiger partial charge in [-0.25, -0.2) is 0 Å². The van der Waals surface area contributed by atoms with Gasteiger partial charge in [0, 0.05) is 12.0 Å². The van der Waals surface area contributed by atoms with Crippen molar-refractivity contribution in [1.29, 1.82) is 0 Å². The molecule has 0 unspecified atom stereocenters. The van der Waals surface area contributed by atoms with E-state index in [1.807, 2.05) is 6.07 Å². The first-order valence-corrected chi connectivity index (χ1v) is 6.62. The van der Waals surface area contributed by atoms with E-state index in [1.54, 1.807) is 48.5 Å². The summed E-state index contributed by atoms with van der Waals surface area (Å²) in [6.07, 6.45) is 0.157. The van der Waals surface area contributed by atoms with Crippen molar-refractivity contribution in [3.63, 3.8) is 0 Å². The first-order chi connectivity index (χ1) is 10.2. The zero-order valence-corrected chi connectivity index (χ0v) is 11.7. The average molecular weight is 284 g/mol. The minimum atomic E-state index is -0.455. The molecule has 4 heteroatoms. The number of hydrogen-bond donors (Lipinski definition) is 0. The Bertz CT molecular complexity index is 620. The third-order valence-electron chi connectivity index (χ3n) is 2.94. The van der Waals surface area contributed by atoms with Crippen LogP contribution in [0.5, 0.6) is 11.5 Å². The predicted octanol–water partition coefficient (Wildman–Crippen LogP) is 3.26. The molecule has 0 N–H and O–H groups in total. The standard InChI is InChI=1S/C17H16O4/c1-20-15-9-5-6-10-16(15)21-17(19)12-11-14(18)13-7-3-2-4-8-13/h2-10H,11-12H2,1H3. The minimum Gasteiger partial charge on any atom is -0.493 e. The van der Waals surface area contributed by atoms with Gasteiger partial charge < -0.3 is 9.47 Å². The zero-order chi connectivity index (χ0) is 15.1. The van der Waals surface area contributed by atoms with Gasteiger partial charge in [-0.15, -0.1) is 0 Å². The van der Waals surface area contributed by atoms with Crippen molar-refractivity contribution in [2.24, 2.45) is 0 Å². The van der Waals surface area contributed by atoms with Crippen molar-refractivity contribution in [2.75, 3.05) is 7.11 Å². The summed E-state index contributed by atoms with van der Waals surface area (Å²) in [4.78, 5) is 23.7. The molecule has 0 spiro atoms. The monoisotopic (exact) mass is 284 g/mol. The maximum Gasteiger partial charge on any atom is 0.311 e. The average Bonchev–Trinajstić information content (AvgIpc) is 2.54. The van der Waals surface area contributed by atoms with Gasteiger partial charge >= 0.3 is 5.97 Å². The van der Waals surface area contributed by atoms with Gasteiger partial charge in [0.05, 0.1) is 13.5 Å². The van der Waals surface area contributed by atoms with Gasteiger partial charge in [0.2, 0.25) is 0 Å². The van der Waals surface area contributed by atoms with E-state index in [9.17, 15) is 9.59 Å². The van der Waals surface area contributed by atoms with E-state index in [1.165, 1.54) is 7.11 Å². The third kappa shape index (κ3) is 4.18. The molecule has 4 nitrogen and oxygen atoms in total. The lowest BCUT2D eigenvalue weighted by molar-refractivity contribution is -0.134. The molecule has 0 aliphatic heterocycles. The number of methoxy groups -OCH3 is 1. The largest absolute Gasteiger partial charge is 0.493 e. The van der Waals surface area contributed by atoms with Crippen LogP contribution in [-0.4, -0.2) is 18.9 Å². The highest BCUT2D eigenvalue weighted by Crippen LogP contribution is 2.26. The summed E-state index contributed by atoms with van der Waals surface area (Å²) in [5.74, 6) is 0.314. The lowest BCUT2D eigenvalue weighted by atomic mass is 10.1. The van der Waals surface area contributed by atoms with Gasteiger partial charge in [0.1, 0.15) is 0 Å². The lowest BCUT2D eigenvalue weighted by Crippen LogP contribution is -2.11. The number of ether oxygens (including phenoxy) is 2. The van der Waals surface area contributed by atoms with Gasteiger partial charge in [0.25, 0.3) is 0 Å². The Morgan fingerprint density at radius 2 is 1.48 bits per heavy atom. The summed E-state index contributed by atoms with van der Waals surface area (Å²) >= 11 is 0. The summed E-state index contributed by atoms with van der Waals surface area (Å²) in [5.41, 5.74) is 0.600. The van der Waals surface area contributed by atoms with Crippen LogP contribution in [0.3, 0.4) is 0 Å². The normalized spacial score (nSPS) is 9.95. The van der Waals surface area contributed by atoms with E-state index < -0.39 is 5.97 Å². The maximum absolute atomic E-state index is 11.9. The van der Waals surface area contributed by atoms with Crippen LogP contribution in [0.25, 0.3) is 0 Å². The second kappa shape index (κ2) is 7.24. The summed E-state index contributed by atoms with van der Waals surface area (Å²) in [6.45, 7) is 0. The molecule has 21 heavy (non-hydrogen) atoms. The molecule has 108 valence electrons. The number of Topliss-reactive ketones (excluding diaryl/α,β-unsaturated/α-hetero) is 1. The van der Waals surface area contributed by atoms with Crippen LogP contribution in [0.2, 0.25) is 0 Å². The topological polar surface area (TPSA) is 52.6 Å². The molecule has 2 aromatic rings. The fraction of sp³-hybridized carbons (Fsp3) is 0.176. The molecule has 0 bridgehead atoms. The van der Waals surface area contributed by atoms with Gasteiger partial charge in [0.15, 0.2) is 17.3 Å². The lowest BCUT2D eigenvalue weighted by Gasteiger charge is -2.08. The van der Waals surface area contributed by atoms with Crippen LogP contribution < -0.4 is 9.47 Å². The van der Waals surface area contributed by atoms with Crippen molar-refractivity contribution < 1.29 is 19.1 Å². The van der Waals surface area contributed by atoms with E-state index >= 15 is 0 Å². The first-order valence-electron chi connectivity index (χ1n) is 6.62. The second-order valence-electron chi connectivity index (χ2n) is 4.41. The van der Waals surface area contributed by atoms with E-state index in [0.29, 0.717) is 17.1 Å². The Kier molecular flexibility index (Phi) is 5.10. The van der Waals surface area contributed by atoms with Crippen LogP contribution >= 0.6 is 0 Å². The highest BCUT2D eigenvalue weighted by Gasteiger charge is 2.12. The molecule has 0 aliphatic carbocycles. The predicted molar refractivity (Wildman–Crippen MR) is 78.6 cm³/mol. The molecular weight excluding hydrogens is 268 g/mol. The van der Waals surface area contributed by atoms with Crippen LogP contribution in [0, 0.1) is 0 Å². The number of carbonyl (C=O) groups excluding carboxylic acids is 2. The highest BCUT2D eigenvalue weighted by molar-refractivity contribution is 5.97. The number of carbonyl (C=O) groups is 2. The number of esters is 1. The van der Waals surface area contributed by atoms with Gasteiger partial charge in [-0.05, 0) is 12.1 Å². The van der Waals surface area contributed by atoms with Gasteiger partial charge in [-0.3, -0.25) is 9.59 Å². The Morgan fingerprint density at radius 1 is 0.857 bits per heavy atom. The molecule has 0 amide bonds. The molecule has 2 rings (SSSR count). The van der Waals surface area contributed by atoms with Crippen LogP contribution in [0.4, 0.5) is 0 Å². The Labute approximate surface area is 123 Å². The van der Waals surface area contributed by atoms with Crippen molar-refractivity contribution in [3.05, 3.63) is 60.2 Å². The molecule has 2 aromatic carbocycles. The molecule has 0 saturated heterocycles. The molecule has 0 saturated carbocycles. The smallest absolute Gasteiger partial charge is 0.311 e. The second-order valence-corrected chi connectivity index (χ2v) is 4.41. The summed E-state index contributed by atoms with van der Waals surface area (Å²) < 4.78 is 10.3. The minimum absolute atomic E-state index is 0.0335. The van der Waals surface area contributed by atoms with Crippen molar-refractivity contribution in [1.82, 2.24) is 0 Å². The Morgan fingerprint density at radius 3 is 2.14 bits per heavy atom. The van der Waals surface area contributed by atoms with E-state index in [-0.39, 0.29) is 18.6 Å². The molecule has 0 aromatic heterocycles. The number of benzene rings is 2. The molecule has 0 heterocycles. The van der Waals surface area contributed by atoms with Crippen molar-refractivity contribution in [2.45, 2.75) is 12.8 Å². The number of para-hydroxylation sites is 2. The molecule has 0 aliphatic rings. The van der Waals surface area contributed by atoms with Crippen LogP contribution in [-0.2, 0) is 4.79 Å². The van der Waals surface area contributed by atoms with E-state index in [2.05, 4.69) is 0 Å². The number of ketones is 1. The Balaban J connectivity index is 1.89. The summed E-state index contributed by atoms with van der Waals surface area (Å²) in [7, 11) is 1.51. The third-order valence-corrected chi connectivity index (χ3v) is 2.94. The maximum atomic E-state index is 11.9. The highest BCUT2D eigenvalue weighted by atomic mass is 16.6. The van der Waals surface area contributed by atoms with Crippen molar-refractivity contribution >= 4 is 11.8 Å². The fourth-order valence-electron chi connectivity index (χ4n) is 1.86. The zero-order valence-electron chi connectivity index (χ0n) is 11.7. The van der Waals surface area contributed by atoms with Crippen LogP contribution in [0.1, 0.15) is 23.2 Å². The Hall–Kier alpha value is -2.62. The SMILES string of the molecule is COc1ccccc1OC(=O)CCC(=O)c1ccccc1. The number of hydrogen-bond acceptors (Lipinski definition) is 4. The molecular formula is C17H16O4. The quantitative estimate of drug-likeness (QED) is 0.464. The fourth-order valence-corrected chi connectivity index (χ4v) is 1.86. The molecule has 0 atom stereocenters. The summed E-state index contributed by atoms with van der Waals surface area (Å²) in [6, 6.07) is 15.8. The van der Waals surface area contributed by atoms with Crippen LogP contribution in [0.15, 0.2) is 54.6 Å².